The number of carbonyl (C=O) groups is 2. The van der Waals surface area contributed by atoms with E-state index in [9.17, 15) is 9.59 Å². The van der Waals surface area contributed by atoms with Crippen LogP contribution >= 0.6 is 0 Å². The minimum absolute atomic E-state index is 0.0235. The average molecular weight is 296 g/mol. The Kier molecular flexibility index (Phi) is 5.31. The van der Waals surface area contributed by atoms with Gasteiger partial charge in [0.1, 0.15) is 0 Å². The van der Waals surface area contributed by atoms with Crippen LogP contribution < -0.4 is 10.6 Å². The van der Waals surface area contributed by atoms with Crippen LogP contribution in [0, 0.1) is 6.92 Å². The molecule has 0 atom stereocenters. The SMILES string of the molecule is CCCC(=O)Nc1cccc(NC(=O)c2cccc(C)c2)c1. The van der Waals surface area contributed by atoms with Crippen molar-refractivity contribution in [2.45, 2.75) is 26.7 Å². The minimum Gasteiger partial charge on any atom is -0.326 e. The molecule has 0 bridgehead atoms. The van der Waals surface area contributed by atoms with Crippen molar-refractivity contribution >= 4 is 23.2 Å². The first-order valence-electron chi connectivity index (χ1n) is 7.36. The van der Waals surface area contributed by atoms with Crippen molar-refractivity contribution in [3.8, 4) is 0 Å². The standard InChI is InChI=1S/C18H20N2O2/c1-3-6-17(21)19-15-9-5-10-16(12-15)20-18(22)14-8-4-7-13(2)11-14/h4-5,7-12H,3,6H2,1-2H3,(H,19,21)(H,20,22). The lowest BCUT2D eigenvalue weighted by Crippen LogP contribution is -2.13. The first-order valence-corrected chi connectivity index (χ1v) is 7.36. The first-order chi connectivity index (χ1) is 10.6. The molecule has 0 saturated carbocycles. The summed E-state index contributed by atoms with van der Waals surface area (Å²) in [6.07, 6.45) is 1.29. The Balaban J connectivity index is 2.07. The van der Waals surface area contributed by atoms with E-state index in [-0.39, 0.29) is 11.8 Å². The van der Waals surface area contributed by atoms with Crippen LogP contribution in [0.3, 0.4) is 0 Å². The summed E-state index contributed by atoms with van der Waals surface area (Å²) in [5.74, 6) is -0.189. The van der Waals surface area contributed by atoms with E-state index in [1.165, 1.54) is 0 Å². The maximum Gasteiger partial charge on any atom is 0.255 e. The molecular weight excluding hydrogens is 276 g/mol. The second-order valence-corrected chi connectivity index (χ2v) is 5.20. The minimum atomic E-state index is -0.166. The van der Waals surface area contributed by atoms with Crippen LogP contribution in [-0.2, 0) is 4.79 Å². The Morgan fingerprint density at radius 1 is 0.955 bits per heavy atom. The van der Waals surface area contributed by atoms with Crippen LogP contribution in [0.15, 0.2) is 48.5 Å². The fraction of sp³-hybridized carbons (Fsp3) is 0.222. The number of aryl methyl sites for hydroxylation is 1. The van der Waals surface area contributed by atoms with Gasteiger partial charge in [0, 0.05) is 23.4 Å². The van der Waals surface area contributed by atoms with Crippen molar-refractivity contribution in [1.82, 2.24) is 0 Å². The Labute approximate surface area is 130 Å². The van der Waals surface area contributed by atoms with E-state index in [2.05, 4.69) is 10.6 Å². The molecule has 2 aromatic carbocycles. The molecule has 4 nitrogen and oxygen atoms in total. The molecule has 0 spiro atoms. The number of hydrogen-bond donors (Lipinski definition) is 2. The lowest BCUT2D eigenvalue weighted by molar-refractivity contribution is -0.116. The van der Waals surface area contributed by atoms with Crippen molar-refractivity contribution in [2.24, 2.45) is 0 Å². The quantitative estimate of drug-likeness (QED) is 0.876. The van der Waals surface area contributed by atoms with Gasteiger partial charge in [-0.2, -0.15) is 0 Å². The molecule has 0 aliphatic heterocycles. The highest BCUT2D eigenvalue weighted by atomic mass is 16.2. The fourth-order valence-corrected chi connectivity index (χ4v) is 2.11. The third-order valence-electron chi connectivity index (χ3n) is 3.16. The molecule has 0 aliphatic carbocycles. The van der Waals surface area contributed by atoms with Crippen LogP contribution in [0.4, 0.5) is 11.4 Å². The summed E-state index contributed by atoms with van der Waals surface area (Å²) in [7, 11) is 0. The monoisotopic (exact) mass is 296 g/mol. The molecule has 0 saturated heterocycles. The molecule has 0 heterocycles. The summed E-state index contributed by atoms with van der Waals surface area (Å²) in [6, 6.07) is 14.6. The Morgan fingerprint density at radius 3 is 2.32 bits per heavy atom. The molecule has 0 aliphatic rings. The van der Waals surface area contributed by atoms with Gasteiger partial charge >= 0.3 is 0 Å². The topological polar surface area (TPSA) is 58.2 Å². The lowest BCUT2D eigenvalue weighted by atomic mass is 10.1. The highest BCUT2D eigenvalue weighted by Crippen LogP contribution is 2.17. The maximum atomic E-state index is 12.2. The van der Waals surface area contributed by atoms with Crippen LogP contribution in [0.25, 0.3) is 0 Å². The highest BCUT2D eigenvalue weighted by Gasteiger charge is 2.07. The van der Waals surface area contributed by atoms with Crippen molar-refractivity contribution in [2.75, 3.05) is 10.6 Å². The predicted molar refractivity (Wildman–Crippen MR) is 89.1 cm³/mol. The zero-order chi connectivity index (χ0) is 15.9. The van der Waals surface area contributed by atoms with Gasteiger partial charge < -0.3 is 10.6 Å². The average Bonchev–Trinajstić information content (AvgIpc) is 2.47. The number of nitrogens with one attached hydrogen (secondary N) is 2. The number of rotatable bonds is 5. The maximum absolute atomic E-state index is 12.2. The second-order valence-electron chi connectivity index (χ2n) is 5.20. The van der Waals surface area contributed by atoms with E-state index in [1.807, 2.05) is 32.0 Å². The molecular formula is C18H20N2O2. The number of hydrogen-bond acceptors (Lipinski definition) is 2. The highest BCUT2D eigenvalue weighted by molar-refractivity contribution is 6.04. The molecule has 114 valence electrons. The molecule has 2 amide bonds. The Morgan fingerprint density at radius 2 is 1.64 bits per heavy atom. The van der Waals surface area contributed by atoms with E-state index in [0.717, 1.165) is 12.0 Å². The number of anilines is 2. The normalized spacial score (nSPS) is 10.1. The summed E-state index contributed by atoms with van der Waals surface area (Å²) < 4.78 is 0. The van der Waals surface area contributed by atoms with Crippen molar-refractivity contribution in [1.29, 1.82) is 0 Å². The van der Waals surface area contributed by atoms with E-state index in [4.69, 9.17) is 0 Å². The molecule has 0 fully saturated rings. The van der Waals surface area contributed by atoms with E-state index in [0.29, 0.717) is 23.4 Å². The smallest absolute Gasteiger partial charge is 0.255 e. The number of benzene rings is 2. The van der Waals surface area contributed by atoms with Crippen molar-refractivity contribution in [3.05, 3.63) is 59.7 Å². The van der Waals surface area contributed by atoms with Gasteiger partial charge in [-0.15, -0.1) is 0 Å². The van der Waals surface area contributed by atoms with Crippen LogP contribution in [0.5, 0.6) is 0 Å². The first kappa shape index (κ1) is 15.8. The third kappa shape index (κ3) is 4.45. The summed E-state index contributed by atoms with van der Waals surface area (Å²) in [4.78, 5) is 23.8. The third-order valence-corrected chi connectivity index (χ3v) is 3.16. The van der Waals surface area contributed by atoms with Gasteiger partial charge in [-0.25, -0.2) is 0 Å². The van der Waals surface area contributed by atoms with Crippen LogP contribution in [0.2, 0.25) is 0 Å². The molecule has 2 N–H and O–H groups in total. The van der Waals surface area contributed by atoms with Gasteiger partial charge in [0.25, 0.3) is 5.91 Å². The van der Waals surface area contributed by atoms with Gasteiger partial charge in [-0.1, -0.05) is 30.7 Å². The van der Waals surface area contributed by atoms with E-state index < -0.39 is 0 Å². The molecule has 2 aromatic rings. The van der Waals surface area contributed by atoms with Crippen LogP contribution in [0.1, 0.15) is 35.7 Å². The molecule has 4 heteroatoms. The van der Waals surface area contributed by atoms with E-state index >= 15 is 0 Å². The van der Waals surface area contributed by atoms with Gasteiger partial charge in [-0.05, 0) is 43.7 Å². The lowest BCUT2D eigenvalue weighted by Gasteiger charge is -2.09. The Bertz CT molecular complexity index is 680. The second kappa shape index (κ2) is 7.41. The van der Waals surface area contributed by atoms with Gasteiger partial charge in [-0.3, -0.25) is 9.59 Å². The van der Waals surface area contributed by atoms with E-state index in [1.54, 1.807) is 30.3 Å². The summed E-state index contributed by atoms with van der Waals surface area (Å²) in [5, 5.41) is 5.66. The molecule has 22 heavy (non-hydrogen) atoms. The summed E-state index contributed by atoms with van der Waals surface area (Å²) in [5.41, 5.74) is 2.98. The number of carbonyl (C=O) groups excluding carboxylic acids is 2. The predicted octanol–water partition coefficient (Wildman–Crippen LogP) is 3.99. The van der Waals surface area contributed by atoms with Crippen LogP contribution in [-0.4, -0.2) is 11.8 Å². The molecule has 0 radical (unpaired) electrons. The summed E-state index contributed by atoms with van der Waals surface area (Å²) in [6.45, 7) is 3.90. The largest absolute Gasteiger partial charge is 0.326 e. The zero-order valence-electron chi connectivity index (χ0n) is 12.8. The zero-order valence-corrected chi connectivity index (χ0v) is 12.8. The van der Waals surface area contributed by atoms with Gasteiger partial charge in [0.05, 0.1) is 0 Å². The molecule has 0 unspecified atom stereocenters. The van der Waals surface area contributed by atoms with Crippen molar-refractivity contribution in [3.63, 3.8) is 0 Å². The fourth-order valence-electron chi connectivity index (χ4n) is 2.11. The van der Waals surface area contributed by atoms with Crippen molar-refractivity contribution < 1.29 is 9.59 Å². The van der Waals surface area contributed by atoms with Gasteiger partial charge in [0.15, 0.2) is 0 Å². The Hall–Kier alpha value is -2.62. The summed E-state index contributed by atoms with van der Waals surface area (Å²) >= 11 is 0. The number of amides is 2. The van der Waals surface area contributed by atoms with Gasteiger partial charge in [0.2, 0.25) is 5.91 Å². The molecule has 2 rings (SSSR count). The molecule has 0 aromatic heterocycles.